The number of rotatable bonds is 7. The fourth-order valence-corrected chi connectivity index (χ4v) is 4.49. The highest BCUT2D eigenvalue weighted by Crippen LogP contribution is 2.42. The van der Waals surface area contributed by atoms with Crippen molar-refractivity contribution in [1.82, 2.24) is 15.0 Å². The smallest absolute Gasteiger partial charge is 0.246 e. The molecule has 2 aliphatic carbocycles. The van der Waals surface area contributed by atoms with Gasteiger partial charge in [-0.1, -0.05) is 25.4 Å². The van der Waals surface area contributed by atoms with E-state index in [9.17, 15) is 4.79 Å². The molecule has 0 radical (unpaired) electrons. The summed E-state index contributed by atoms with van der Waals surface area (Å²) in [5.74, 6) is 2.66. The number of ether oxygens (including phenoxy) is 1. The Morgan fingerprint density at radius 2 is 1.96 bits per heavy atom. The molecule has 7 nitrogen and oxygen atoms in total. The van der Waals surface area contributed by atoms with Crippen molar-refractivity contribution in [2.45, 2.75) is 71.6 Å². The number of carbonyl (C=O) groups excluding carboxylic acids is 1. The first kappa shape index (κ1) is 20.3. The van der Waals surface area contributed by atoms with E-state index in [0.717, 1.165) is 25.7 Å². The first-order chi connectivity index (χ1) is 12.8. The van der Waals surface area contributed by atoms with Crippen LogP contribution in [-0.2, 0) is 16.1 Å². The molecule has 152 valence electrons. The van der Waals surface area contributed by atoms with Crippen LogP contribution >= 0.6 is 0 Å². The lowest BCUT2D eigenvalue weighted by Gasteiger charge is -2.44. The third-order valence-electron chi connectivity index (χ3n) is 6.04. The summed E-state index contributed by atoms with van der Waals surface area (Å²) in [7, 11) is 1.81. The molecular formula is C20H34N4O3. The van der Waals surface area contributed by atoms with E-state index < -0.39 is 0 Å². The molecular weight excluding hydrogens is 344 g/mol. The van der Waals surface area contributed by atoms with Gasteiger partial charge in [0.2, 0.25) is 11.8 Å². The average Bonchev–Trinajstić information content (AvgIpc) is 3.07. The monoisotopic (exact) mass is 378 g/mol. The Hall–Kier alpha value is -1.47. The van der Waals surface area contributed by atoms with E-state index in [-0.39, 0.29) is 24.0 Å². The van der Waals surface area contributed by atoms with Gasteiger partial charge in [0, 0.05) is 25.6 Å². The van der Waals surface area contributed by atoms with E-state index in [0.29, 0.717) is 42.6 Å². The predicted molar refractivity (Wildman–Crippen MR) is 102 cm³/mol. The summed E-state index contributed by atoms with van der Waals surface area (Å²) >= 11 is 0. The van der Waals surface area contributed by atoms with Gasteiger partial charge in [-0.2, -0.15) is 4.98 Å². The largest absolute Gasteiger partial charge is 0.370 e. The summed E-state index contributed by atoms with van der Waals surface area (Å²) < 4.78 is 11.1. The molecule has 2 aliphatic rings. The SMILES string of the molecule is CC(C)COC(C)c1noc(CN(C)C(=O)C2CC3CCCC(C2)C3N)n1. The number of hydrogen-bond acceptors (Lipinski definition) is 6. The Morgan fingerprint density at radius 3 is 2.59 bits per heavy atom. The molecule has 1 heterocycles. The van der Waals surface area contributed by atoms with E-state index >= 15 is 0 Å². The number of fused-ring (bicyclic) bond motifs is 2. The lowest BCUT2D eigenvalue weighted by atomic mass is 9.65. The molecule has 2 N–H and O–H groups in total. The molecule has 1 aromatic rings. The molecule has 3 rings (SSSR count). The number of aromatic nitrogens is 2. The van der Waals surface area contributed by atoms with Gasteiger partial charge in [-0.3, -0.25) is 4.79 Å². The van der Waals surface area contributed by atoms with Crippen LogP contribution in [0.4, 0.5) is 0 Å². The molecule has 7 heteroatoms. The van der Waals surface area contributed by atoms with E-state index in [2.05, 4.69) is 24.0 Å². The highest BCUT2D eigenvalue weighted by molar-refractivity contribution is 5.78. The van der Waals surface area contributed by atoms with Crippen LogP contribution in [0, 0.1) is 23.7 Å². The highest BCUT2D eigenvalue weighted by Gasteiger charge is 2.41. The predicted octanol–water partition coefficient (Wildman–Crippen LogP) is 2.92. The highest BCUT2D eigenvalue weighted by atomic mass is 16.5. The van der Waals surface area contributed by atoms with Crippen LogP contribution in [0.2, 0.25) is 0 Å². The molecule has 3 atom stereocenters. The first-order valence-corrected chi connectivity index (χ1v) is 10.3. The minimum Gasteiger partial charge on any atom is -0.370 e. The Bertz CT molecular complexity index is 618. The summed E-state index contributed by atoms with van der Waals surface area (Å²) in [5.41, 5.74) is 6.35. The van der Waals surface area contributed by atoms with Crippen LogP contribution in [0.15, 0.2) is 4.52 Å². The second-order valence-electron chi connectivity index (χ2n) is 8.81. The zero-order valence-electron chi connectivity index (χ0n) is 17.1. The second-order valence-corrected chi connectivity index (χ2v) is 8.81. The van der Waals surface area contributed by atoms with Crippen LogP contribution in [0.25, 0.3) is 0 Å². The van der Waals surface area contributed by atoms with Crippen molar-refractivity contribution < 1.29 is 14.1 Å². The number of nitrogens with zero attached hydrogens (tertiary/aromatic N) is 3. The van der Waals surface area contributed by atoms with Gasteiger partial charge in [-0.25, -0.2) is 0 Å². The van der Waals surface area contributed by atoms with Crippen LogP contribution < -0.4 is 5.73 Å². The van der Waals surface area contributed by atoms with Crippen LogP contribution in [0.5, 0.6) is 0 Å². The Balaban J connectivity index is 1.54. The van der Waals surface area contributed by atoms with Crippen molar-refractivity contribution in [2.75, 3.05) is 13.7 Å². The molecule has 1 aromatic heterocycles. The Kier molecular flexibility index (Phi) is 6.52. The Morgan fingerprint density at radius 1 is 1.30 bits per heavy atom. The maximum Gasteiger partial charge on any atom is 0.246 e. The molecule has 0 aromatic carbocycles. The van der Waals surface area contributed by atoms with Crippen molar-refractivity contribution in [3.8, 4) is 0 Å². The van der Waals surface area contributed by atoms with Crippen LogP contribution in [0.3, 0.4) is 0 Å². The van der Waals surface area contributed by atoms with E-state index in [1.54, 1.807) is 4.90 Å². The summed E-state index contributed by atoms with van der Waals surface area (Å²) in [6, 6.07) is 0.277. The zero-order valence-corrected chi connectivity index (χ0v) is 17.1. The molecule has 1 amide bonds. The van der Waals surface area contributed by atoms with Gasteiger partial charge >= 0.3 is 0 Å². The molecule has 0 spiro atoms. The molecule has 3 unspecified atom stereocenters. The fraction of sp³-hybridized carbons (Fsp3) is 0.850. The second kappa shape index (κ2) is 8.69. The van der Waals surface area contributed by atoms with E-state index in [1.807, 2.05) is 14.0 Å². The lowest BCUT2D eigenvalue weighted by molar-refractivity contribution is -0.138. The summed E-state index contributed by atoms with van der Waals surface area (Å²) in [5, 5.41) is 4.01. The van der Waals surface area contributed by atoms with Gasteiger partial charge in [0.25, 0.3) is 0 Å². The minimum absolute atomic E-state index is 0.0702. The Labute approximate surface area is 162 Å². The zero-order chi connectivity index (χ0) is 19.6. The maximum absolute atomic E-state index is 12.9. The van der Waals surface area contributed by atoms with Gasteiger partial charge in [0.15, 0.2) is 5.82 Å². The molecule has 27 heavy (non-hydrogen) atoms. The average molecular weight is 379 g/mol. The number of carbonyl (C=O) groups is 1. The van der Waals surface area contributed by atoms with Crippen molar-refractivity contribution in [2.24, 2.45) is 29.4 Å². The van der Waals surface area contributed by atoms with Gasteiger partial charge in [0.1, 0.15) is 6.10 Å². The van der Waals surface area contributed by atoms with Gasteiger partial charge in [0.05, 0.1) is 6.54 Å². The van der Waals surface area contributed by atoms with Crippen LogP contribution in [-0.4, -0.2) is 40.6 Å². The van der Waals surface area contributed by atoms with Gasteiger partial charge in [-0.15, -0.1) is 0 Å². The minimum atomic E-state index is -0.217. The maximum atomic E-state index is 12.9. The van der Waals surface area contributed by atoms with Gasteiger partial charge < -0.3 is 19.9 Å². The normalized spacial score (nSPS) is 29.0. The van der Waals surface area contributed by atoms with Crippen molar-refractivity contribution in [3.05, 3.63) is 11.7 Å². The molecule has 2 fully saturated rings. The third kappa shape index (κ3) is 4.88. The standard InChI is InChI=1S/C20H34N4O3/c1-12(2)11-26-13(3)19-22-17(27-23-19)10-24(4)20(25)16-8-14-6-5-7-15(9-16)18(14)21/h12-16,18H,5-11,21H2,1-4H3. The summed E-state index contributed by atoms with van der Waals surface area (Å²) in [6.45, 7) is 7.09. The number of amides is 1. The molecule has 0 saturated heterocycles. The first-order valence-electron chi connectivity index (χ1n) is 10.3. The van der Waals surface area contributed by atoms with Gasteiger partial charge in [-0.05, 0) is 50.4 Å². The van der Waals surface area contributed by atoms with Crippen molar-refractivity contribution >= 4 is 5.91 Å². The summed E-state index contributed by atoms with van der Waals surface area (Å²) in [6.07, 6.45) is 5.18. The third-order valence-corrected chi connectivity index (χ3v) is 6.04. The number of nitrogens with two attached hydrogens (primary N) is 1. The van der Waals surface area contributed by atoms with E-state index in [4.69, 9.17) is 15.0 Å². The lowest BCUT2D eigenvalue weighted by Crippen LogP contribution is -2.49. The van der Waals surface area contributed by atoms with Crippen LogP contribution in [0.1, 0.15) is 70.7 Å². The summed E-state index contributed by atoms with van der Waals surface area (Å²) in [4.78, 5) is 19.1. The number of hydrogen-bond donors (Lipinski definition) is 1. The topological polar surface area (TPSA) is 94.5 Å². The van der Waals surface area contributed by atoms with E-state index in [1.165, 1.54) is 6.42 Å². The fourth-order valence-electron chi connectivity index (χ4n) is 4.49. The molecule has 2 bridgehead atoms. The van der Waals surface area contributed by atoms with Crippen molar-refractivity contribution in [1.29, 1.82) is 0 Å². The quantitative estimate of drug-likeness (QED) is 0.784. The van der Waals surface area contributed by atoms with Crippen molar-refractivity contribution in [3.63, 3.8) is 0 Å². The molecule has 0 aliphatic heterocycles. The molecule has 2 saturated carbocycles.